The highest BCUT2D eigenvalue weighted by Crippen LogP contribution is 2.60. The first-order valence-electron chi connectivity index (χ1n) is 22.0. The molecule has 3 aromatic rings. The van der Waals surface area contributed by atoms with Gasteiger partial charge in [-0.1, -0.05) is 116 Å². The van der Waals surface area contributed by atoms with E-state index in [0.717, 1.165) is 55.7 Å². The maximum Gasteiger partial charge on any atom is 0.131 e. The zero-order valence-corrected chi connectivity index (χ0v) is 34.0. The Morgan fingerprint density at radius 1 is 0.797 bits per heavy atom. The molecular formula is C53H52N4O2. The van der Waals surface area contributed by atoms with Crippen molar-refractivity contribution in [1.82, 2.24) is 15.1 Å². The number of ether oxygens (including phenoxy) is 2. The van der Waals surface area contributed by atoms with Crippen LogP contribution in [-0.4, -0.2) is 47.1 Å². The number of aliphatic imine (C=N–C) groups is 1. The molecule has 9 aliphatic rings. The summed E-state index contributed by atoms with van der Waals surface area (Å²) in [5, 5.41) is 4.02. The summed E-state index contributed by atoms with van der Waals surface area (Å²) in [6, 6.07) is 30.6. The Labute approximate surface area is 348 Å². The average molecular weight is 777 g/mol. The lowest BCUT2D eigenvalue weighted by atomic mass is 9.65. The molecule has 0 radical (unpaired) electrons. The number of benzene rings is 3. The summed E-state index contributed by atoms with van der Waals surface area (Å²) in [6.07, 6.45) is 30.7. The number of allylic oxidation sites excluding steroid dienone is 7. The Morgan fingerprint density at radius 3 is 2.47 bits per heavy atom. The molecule has 4 aliphatic heterocycles. The van der Waals surface area contributed by atoms with Crippen molar-refractivity contribution >= 4 is 5.84 Å². The van der Waals surface area contributed by atoms with Gasteiger partial charge in [-0.2, -0.15) is 0 Å². The van der Waals surface area contributed by atoms with Gasteiger partial charge >= 0.3 is 0 Å². The molecule has 1 fully saturated rings. The molecule has 0 amide bonds. The van der Waals surface area contributed by atoms with Crippen molar-refractivity contribution < 1.29 is 9.47 Å². The molecule has 1 saturated heterocycles. The summed E-state index contributed by atoms with van der Waals surface area (Å²) >= 11 is 0. The Morgan fingerprint density at radius 2 is 1.59 bits per heavy atom. The molecule has 12 rings (SSSR count). The second-order valence-corrected chi connectivity index (χ2v) is 18.3. The van der Waals surface area contributed by atoms with Crippen LogP contribution < -0.4 is 5.32 Å². The standard InChI is InChI=1S/C53H52N4O2/c1-53-32-41-38-21-9-11-24-43(38)57(44(41)31-48(53)59-46-25-12-10-23-42(46)53)37-27-28-45-40(30-37)49-39(22-14-26-47(49)58-45)52-55-50(54-51(56(52)2)34-17-7-4-8-18-34)36-20-13-19-35(29-36)33-15-5-3-6-16-33/h3-10,13-21,23,26-31,38-40,42-43,45-46,51-52H,11-12,22,24-25,32H2,1-2H3,(H,54,55)/t38?,39?,40?,42?,43?,45?,46?,51?,52?,53-/m0/s1. The van der Waals surface area contributed by atoms with Crippen LogP contribution in [0, 0.1) is 29.1 Å². The first-order valence-corrected chi connectivity index (χ1v) is 22.0. The molecule has 0 saturated carbocycles. The van der Waals surface area contributed by atoms with Crippen LogP contribution in [-0.2, 0) is 9.47 Å². The number of hydrogen-bond acceptors (Lipinski definition) is 6. The SMILES string of the molecule is CN1C(c2ccccc2)N=C(c2cccc(-c3ccccc3)c2)NC1C1CC=CC2=C1C1C=C(N3C4=C(C[C@]5(C)C(=C4)OC4CCC=CC45)C4C=CCCC43)C=CC1O2. The summed E-state index contributed by atoms with van der Waals surface area (Å²) in [7, 11) is 2.24. The monoisotopic (exact) mass is 776 g/mol. The highest BCUT2D eigenvalue weighted by atomic mass is 16.5. The molecule has 4 heterocycles. The van der Waals surface area contributed by atoms with Crippen LogP contribution in [0.2, 0.25) is 0 Å². The zero-order valence-electron chi connectivity index (χ0n) is 34.0. The molecule has 0 bridgehead atoms. The minimum Gasteiger partial charge on any atom is -0.493 e. The van der Waals surface area contributed by atoms with Crippen LogP contribution in [0.5, 0.6) is 0 Å². The molecule has 3 aromatic carbocycles. The fraction of sp³-hybridized carbons (Fsp3) is 0.340. The van der Waals surface area contributed by atoms with Crippen LogP contribution in [0.4, 0.5) is 0 Å². The van der Waals surface area contributed by atoms with E-state index in [1.807, 2.05) is 0 Å². The van der Waals surface area contributed by atoms with Gasteiger partial charge in [0, 0.05) is 58.2 Å². The van der Waals surface area contributed by atoms with Crippen molar-refractivity contribution in [3.05, 3.63) is 191 Å². The molecule has 59 heavy (non-hydrogen) atoms. The summed E-state index contributed by atoms with van der Waals surface area (Å²) in [6.45, 7) is 2.47. The van der Waals surface area contributed by atoms with Gasteiger partial charge in [0.2, 0.25) is 0 Å². The Kier molecular flexibility index (Phi) is 8.23. The fourth-order valence-electron chi connectivity index (χ4n) is 12.1. The molecule has 0 aromatic heterocycles. The van der Waals surface area contributed by atoms with Gasteiger partial charge in [0.1, 0.15) is 35.7 Å². The van der Waals surface area contributed by atoms with Crippen LogP contribution in [0.1, 0.15) is 62.7 Å². The van der Waals surface area contributed by atoms with Gasteiger partial charge in [-0.15, -0.1) is 0 Å². The van der Waals surface area contributed by atoms with Crippen molar-refractivity contribution in [3.63, 3.8) is 0 Å². The first-order chi connectivity index (χ1) is 29.0. The third-order valence-corrected chi connectivity index (χ3v) is 15.0. The normalized spacial score (nSPS) is 35.0. The smallest absolute Gasteiger partial charge is 0.131 e. The van der Waals surface area contributed by atoms with Gasteiger partial charge in [0.05, 0.1) is 6.17 Å². The maximum atomic E-state index is 6.87. The van der Waals surface area contributed by atoms with Crippen molar-refractivity contribution in [2.24, 2.45) is 34.1 Å². The highest BCUT2D eigenvalue weighted by Gasteiger charge is 2.56. The van der Waals surface area contributed by atoms with Gasteiger partial charge in [0.15, 0.2) is 0 Å². The van der Waals surface area contributed by atoms with E-state index < -0.39 is 0 Å². The Balaban J connectivity index is 0.904. The predicted molar refractivity (Wildman–Crippen MR) is 234 cm³/mol. The van der Waals surface area contributed by atoms with Gasteiger partial charge in [-0.25, -0.2) is 4.99 Å². The van der Waals surface area contributed by atoms with E-state index in [4.69, 9.17) is 14.5 Å². The molecular weight excluding hydrogens is 725 g/mol. The van der Waals surface area contributed by atoms with Crippen molar-refractivity contribution in [2.45, 2.75) is 76.0 Å². The fourth-order valence-corrected chi connectivity index (χ4v) is 12.1. The molecule has 5 aliphatic carbocycles. The van der Waals surface area contributed by atoms with Gasteiger partial charge < -0.3 is 19.7 Å². The van der Waals surface area contributed by atoms with Crippen molar-refractivity contribution in [1.29, 1.82) is 0 Å². The molecule has 9 unspecified atom stereocenters. The molecule has 1 N–H and O–H groups in total. The lowest BCUT2D eigenvalue weighted by molar-refractivity contribution is 0.111. The predicted octanol–water partition coefficient (Wildman–Crippen LogP) is 10.5. The molecule has 296 valence electrons. The largest absolute Gasteiger partial charge is 0.493 e. The third-order valence-electron chi connectivity index (χ3n) is 15.0. The van der Waals surface area contributed by atoms with E-state index in [2.05, 4.69) is 175 Å². The average Bonchev–Trinajstić information content (AvgIpc) is 3.92. The van der Waals surface area contributed by atoms with E-state index in [0.29, 0.717) is 24.0 Å². The molecule has 0 spiro atoms. The van der Waals surface area contributed by atoms with Gasteiger partial charge in [0.25, 0.3) is 0 Å². The highest BCUT2D eigenvalue weighted by molar-refractivity contribution is 6.00. The summed E-state index contributed by atoms with van der Waals surface area (Å²) < 4.78 is 13.7. The van der Waals surface area contributed by atoms with Gasteiger partial charge in [-0.3, -0.25) is 4.90 Å². The molecule has 10 atom stereocenters. The third kappa shape index (κ3) is 5.59. The number of nitrogens with one attached hydrogen (secondary N) is 1. The lowest BCUT2D eigenvalue weighted by Crippen LogP contribution is -2.56. The number of nitrogens with zero attached hydrogens (tertiary/aromatic N) is 3. The molecule has 6 nitrogen and oxygen atoms in total. The van der Waals surface area contributed by atoms with Crippen molar-refractivity contribution in [2.75, 3.05) is 7.05 Å². The Bertz CT molecular complexity index is 2490. The topological polar surface area (TPSA) is 49.3 Å². The van der Waals surface area contributed by atoms with Crippen LogP contribution in [0.3, 0.4) is 0 Å². The summed E-state index contributed by atoms with van der Waals surface area (Å²) in [5.41, 5.74) is 10.4. The number of amidine groups is 1. The quantitative estimate of drug-likeness (QED) is 0.262. The lowest BCUT2D eigenvalue weighted by Gasteiger charge is -2.44. The van der Waals surface area contributed by atoms with Crippen LogP contribution in [0.15, 0.2) is 185 Å². The Hall–Kier alpha value is -5.59. The molecule has 6 heteroatoms. The minimum atomic E-state index is -0.142. The van der Waals surface area contributed by atoms with E-state index in [1.165, 1.54) is 39.4 Å². The number of hydrogen-bond donors (Lipinski definition) is 1. The summed E-state index contributed by atoms with van der Waals surface area (Å²) in [4.78, 5) is 10.6. The van der Waals surface area contributed by atoms with E-state index in [-0.39, 0.29) is 35.7 Å². The number of fused-ring (bicyclic) bond motifs is 7. The van der Waals surface area contributed by atoms with E-state index in [1.54, 1.807) is 5.57 Å². The number of rotatable bonds is 5. The first kappa shape index (κ1) is 35.4. The minimum absolute atomic E-state index is 0.0139. The summed E-state index contributed by atoms with van der Waals surface area (Å²) in [5.74, 6) is 4.35. The zero-order chi connectivity index (χ0) is 39.2. The second kappa shape index (κ2) is 13.7. The second-order valence-electron chi connectivity index (χ2n) is 18.3. The van der Waals surface area contributed by atoms with E-state index in [9.17, 15) is 0 Å². The van der Waals surface area contributed by atoms with Crippen LogP contribution in [0.25, 0.3) is 11.1 Å². The van der Waals surface area contributed by atoms with Crippen molar-refractivity contribution in [3.8, 4) is 11.1 Å². The van der Waals surface area contributed by atoms with Gasteiger partial charge in [-0.05, 0) is 104 Å². The van der Waals surface area contributed by atoms with E-state index >= 15 is 0 Å². The maximum absolute atomic E-state index is 6.87. The van der Waals surface area contributed by atoms with Crippen LogP contribution >= 0.6 is 0 Å².